The minimum absolute atomic E-state index is 0.00928. The topological polar surface area (TPSA) is 72.1 Å². The number of rotatable bonds is 2. The SMILES string of the molecule is Cc1nc(C(=O)N2CCc3ncnc(-c4ccoc4)c3CC2)cs1. The van der Waals surface area contributed by atoms with Gasteiger partial charge in [0.25, 0.3) is 5.91 Å². The minimum atomic E-state index is -0.00928. The van der Waals surface area contributed by atoms with Crippen molar-refractivity contribution in [3.05, 3.63) is 52.3 Å². The average Bonchev–Trinajstić information content (AvgIpc) is 3.22. The van der Waals surface area contributed by atoms with Gasteiger partial charge in [0.1, 0.15) is 12.0 Å². The van der Waals surface area contributed by atoms with E-state index in [-0.39, 0.29) is 5.91 Å². The number of aromatic nitrogens is 3. The van der Waals surface area contributed by atoms with Crippen LogP contribution in [-0.4, -0.2) is 38.8 Å². The first-order chi connectivity index (χ1) is 11.7. The van der Waals surface area contributed by atoms with Gasteiger partial charge in [0.2, 0.25) is 0 Å². The maximum Gasteiger partial charge on any atom is 0.273 e. The van der Waals surface area contributed by atoms with Gasteiger partial charge in [-0.2, -0.15) is 0 Å². The molecule has 122 valence electrons. The fourth-order valence-corrected chi connectivity index (χ4v) is 3.59. The van der Waals surface area contributed by atoms with Crippen molar-refractivity contribution < 1.29 is 9.21 Å². The van der Waals surface area contributed by atoms with Crippen LogP contribution < -0.4 is 0 Å². The summed E-state index contributed by atoms with van der Waals surface area (Å²) in [4.78, 5) is 27.7. The van der Waals surface area contributed by atoms with Crippen LogP contribution in [0.4, 0.5) is 0 Å². The van der Waals surface area contributed by atoms with E-state index in [0.717, 1.165) is 40.4 Å². The lowest BCUT2D eigenvalue weighted by Gasteiger charge is -2.18. The Hall–Kier alpha value is -2.54. The highest BCUT2D eigenvalue weighted by Gasteiger charge is 2.24. The molecule has 3 aromatic rings. The van der Waals surface area contributed by atoms with Crippen LogP contribution in [0.2, 0.25) is 0 Å². The number of hydrogen-bond acceptors (Lipinski definition) is 6. The molecule has 6 nitrogen and oxygen atoms in total. The number of furan rings is 1. The summed E-state index contributed by atoms with van der Waals surface area (Å²) in [6, 6.07) is 1.90. The molecule has 7 heteroatoms. The van der Waals surface area contributed by atoms with E-state index >= 15 is 0 Å². The molecule has 3 aromatic heterocycles. The first-order valence-electron chi connectivity index (χ1n) is 7.79. The van der Waals surface area contributed by atoms with Crippen molar-refractivity contribution in [1.29, 1.82) is 0 Å². The Morgan fingerprint density at radius 3 is 2.92 bits per heavy atom. The number of thiazole rings is 1. The summed E-state index contributed by atoms with van der Waals surface area (Å²) in [6.07, 6.45) is 6.36. The van der Waals surface area contributed by atoms with Gasteiger partial charge >= 0.3 is 0 Å². The van der Waals surface area contributed by atoms with Crippen LogP contribution >= 0.6 is 11.3 Å². The smallest absolute Gasteiger partial charge is 0.273 e. The Bertz CT molecular complexity index is 873. The molecule has 0 radical (unpaired) electrons. The van der Waals surface area contributed by atoms with Crippen LogP contribution in [0.15, 0.2) is 34.7 Å². The summed E-state index contributed by atoms with van der Waals surface area (Å²) in [5.41, 5.74) is 4.48. The second-order valence-corrected chi connectivity index (χ2v) is 6.77. The van der Waals surface area contributed by atoms with Crippen LogP contribution in [-0.2, 0) is 12.8 Å². The van der Waals surface area contributed by atoms with E-state index in [4.69, 9.17) is 4.42 Å². The highest BCUT2D eigenvalue weighted by molar-refractivity contribution is 7.09. The third-order valence-corrected chi connectivity index (χ3v) is 4.98. The van der Waals surface area contributed by atoms with Gasteiger partial charge in [-0.3, -0.25) is 4.79 Å². The molecule has 0 fully saturated rings. The van der Waals surface area contributed by atoms with Crippen molar-refractivity contribution in [2.75, 3.05) is 13.1 Å². The lowest BCUT2D eigenvalue weighted by atomic mass is 10.0. The first kappa shape index (κ1) is 15.0. The number of fused-ring (bicyclic) bond motifs is 1. The van der Waals surface area contributed by atoms with E-state index in [9.17, 15) is 4.79 Å². The lowest BCUT2D eigenvalue weighted by Crippen LogP contribution is -2.33. The van der Waals surface area contributed by atoms with Crippen molar-refractivity contribution in [2.24, 2.45) is 0 Å². The number of carbonyl (C=O) groups excluding carboxylic acids is 1. The van der Waals surface area contributed by atoms with E-state index in [0.29, 0.717) is 18.8 Å². The predicted octanol–water partition coefficient (Wildman–Crippen LogP) is 2.74. The molecule has 0 atom stereocenters. The molecule has 0 saturated heterocycles. The molecule has 1 aliphatic rings. The molecule has 24 heavy (non-hydrogen) atoms. The standard InChI is InChI=1S/C17H16N4O2S/c1-11-20-15(9-24-11)17(22)21-5-2-13-14(3-6-21)18-10-19-16(13)12-4-7-23-8-12/h4,7-10H,2-3,5-6H2,1H3. The van der Waals surface area contributed by atoms with E-state index in [1.807, 2.05) is 23.3 Å². The highest BCUT2D eigenvalue weighted by atomic mass is 32.1. The second-order valence-electron chi connectivity index (χ2n) is 5.70. The lowest BCUT2D eigenvalue weighted by molar-refractivity contribution is 0.0757. The molecule has 0 aromatic carbocycles. The molecule has 0 aliphatic carbocycles. The van der Waals surface area contributed by atoms with Crippen molar-refractivity contribution >= 4 is 17.2 Å². The number of aryl methyl sites for hydroxylation is 1. The normalized spacial score (nSPS) is 14.3. The van der Waals surface area contributed by atoms with Crippen molar-refractivity contribution in [3.8, 4) is 11.3 Å². The molecule has 4 heterocycles. The molecule has 0 bridgehead atoms. The van der Waals surface area contributed by atoms with Gasteiger partial charge in [-0.05, 0) is 19.4 Å². The molecule has 1 aliphatic heterocycles. The second kappa shape index (κ2) is 6.16. The summed E-state index contributed by atoms with van der Waals surface area (Å²) in [7, 11) is 0. The van der Waals surface area contributed by atoms with Gasteiger partial charge in [0, 0.05) is 41.7 Å². The van der Waals surface area contributed by atoms with Crippen LogP contribution in [0.25, 0.3) is 11.3 Å². The van der Waals surface area contributed by atoms with Crippen LogP contribution in [0.1, 0.15) is 26.8 Å². The summed E-state index contributed by atoms with van der Waals surface area (Å²) in [5, 5.41) is 2.73. The molecule has 0 unspecified atom stereocenters. The zero-order valence-electron chi connectivity index (χ0n) is 13.2. The maximum absolute atomic E-state index is 12.6. The molecular weight excluding hydrogens is 324 g/mol. The van der Waals surface area contributed by atoms with Gasteiger partial charge in [-0.15, -0.1) is 11.3 Å². The summed E-state index contributed by atoms with van der Waals surface area (Å²) in [5.74, 6) is -0.00928. The van der Waals surface area contributed by atoms with E-state index in [1.54, 1.807) is 18.9 Å². The fourth-order valence-electron chi connectivity index (χ4n) is 3.00. The summed E-state index contributed by atoms with van der Waals surface area (Å²) < 4.78 is 5.18. The van der Waals surface area contributed by atoms with Crippen LogP contribution in [0, 0.1) is 6.92 Å². The third-order valence-electron chi connectivity index (χ3n) is 4.20. The monoisotopic (exact) mass is 340 g/mol. The number of amides is 1. The van der Waals surface area contributed by atoms with Crippen molar-refractivity contribution in [2.45, 2.75) is 19.8 Å². The number of hydrogen-bond donors (Lipinski definition) is 0. The third kappa shape index (κ3) is 2.71. The number of nitrogens with zero attached hydrogens (tertiary/aromatic N) is 4. The average molecular weight is 340 g/mol. The Balaban J connectivity index is 1.60. The zero-order valence-corrected chi connectivity index (χ0v) is 14.0. The Labute approximate surface area is 143 Å². The minimum Gasteiger partial charge on any atom is -0.472 e. The molecular formula is C17H16N4O2S. The molecule has 1 amide bonds. The van der Waals surface area contributed by atoms with Gasteiger partial charge in [0.05, 0.1) is 23.2 Å². The van der Waals surface area contributed by atoms with Gasteiger partial charge in [0.15, 0.2) is 0 Å². The van der Waals surface area contributed by atoms with E-state index < -0.39 is 0 Å². The van der Waals surface area contributed by atoms with Gasteiger partial charge in [-0.1, -0.05) is 0 Å². The van der Waals surface area contributed by atoms with E-state index in [2.05, 4.69) is 15.0 Å². The summed E-state index contributed by atoms with van der Waals surface area (Å²) >= 11 is 1.50. The quantitative estimate of drug-likeness (QED) is 0.717. The molecule has 0 spiro atoms. The number of carbonyl (C=O) groups is 1. The van der Waals surface area contributed by atoms with Crippen LogP contribution in [0.3, 0.4) is 0 Å². The van der Waals surface area contributed by atoms with E-state index in [1.165, 1.54) is 11.3 Å². The van der Waals surface area contributed by atoms with Crippen molar-refractivity contribution in [1.82, 2.24) is 19.9 Å². The summed E-state index contributed by atoms with van der Waals surface area (Å²) in [6.45, 7) is 3.19. The predicted molar refractivity (Wildman–Crippen MR) is 89.9 cm³/mol. The Kier molecular flexibility index (Phi) is 3.86. The van der Waals surface area contributed by atoms with Crippen molar-refractivity contribution in [3.63, 3.8) is 0 Å². The maximum atomic E-state index is 12.6. The highest BCUT2D eigenvalue weighted by Crippen LogP contribution is 2.26. The molecule has 0 saturated carbocycles. The largest absolute Gasteiger partial charge is 0.472 e. The Morgan fingerprint density at radius 2 is 2.17 bits per heavy atom. The van der Waals surface area contributed by atoms with Gasteiger partial charge < -0.3 is 9.32 Å². The molecule has 0 N–H and O–H groups in total. The van der Waals surface area contributed by atoms with Gasteiger partial charge in [-0.25, -0.2) is 15.0 Å². The van der Waals surface area contributed by atoms with Crippen LogP contribution in [0.5, 0.6) is 0 Å². The zero-order chi connectivity index (χ0) is 16.5. The first-order valence-corrected chi connectivity index (χ1v) is 8.67. The fraction of sp³-hybridized carbons (Fsp3) is 0.294. The molecule has 4 rings (SSSR count). The Morgan fingerprint density at radius 1 is 1.29 bits per heavy atom.